The van der Waals surface area contributed by atoms with Crippen molar-refractivity contribution in [3.05, 3.63) is 58.7 Å². The molecule has 0 aromatic heterocycles. The minimum Gasteiger partial charge on any atom is -0.204 e. The fourth-order valence-corrected chi connectivity index (χ4v) is 2.18. The number of alkyl halides is 3. The minimum absolute atomic E-state index is 0.0503. The summed E-state index contributed by atoms with van der Waals surface area (Å²) in [5.74, 6) is -2.24. The van der Waals surface area contributed by atoms with Gasteiger partial charge in [0.05, 0.1) is 5.56 Å². The van der Waals surface area contributed by atoms with Crippen LogP contribution in [-0.4, -0.2) is 0 Å². The fraction of sp³-hybridized carbons (Fsp3) is 0.200. The van der Waals surface area contributed by atoms with Crippen molar-refractivity contribution in [2.24, 2.45) is 0 Å². The van der Waals surface area contributed by atoms with Crippen LogP contribution in [-0.2, 0) is 6.18 Å². The van der Waals surface area contributed by atoms with Crippen LogP contribution < -0.4 is 0 Å². The summed E-state index contributed by atoms with van der Waals surface area (Å²) in [5.41, 5.74) is -0.310. The third kappa shape index (κ3) is 2.53. The highest BCUT2D eigenvalue weighted by Gasteiger charge is 2.34. The van der Waals surface area contributed by atoms with Gasteiger partial charge in [0.1, 0.15) is 0 Å². The van der Waals surface area contributed by atoms with E-state index in [1.807, 2.05) is 0 Å². The molecule has 106 valence electrons. The molecule has 0 unspecified atom stereocenters. The van der Waals surface area contributed by atoms with Gasteiger partial charge in [-0.05, 0) is 54.3 Å². The Morgan fingerprint density at radius 3 is 2.05 bits per heavy atom. The number of aryl methyl sites for hydroxylation is 2. The van der Waals surface area contributed by atoms with E-state index in [1.54, 1.807) is 0 Å². The van der Waals surface area contributed by atoms with E-state index in [0.717, 1.165) is 18.2 Å². The van der Waals surface area contributed by atoms with Crippen molar-refractivity contribution >= 4 is 0 Å². The molecule has 0 atom stereocenters. The van der Waals surface area contributed by atoms with Crippen LogP contribution in [0.15, 0.2) is 30.3 Å². The molecule has 0 aliphatic carbocycles. The highest BCUT2D eigenvalue weighted by atomic mass is 19.4. The topological polar surface area (TPSA) is 0 Å². The molecule has 0 fully saturated rings. The SMILES string of the molecule is Cc1cc(F)c(F)cc1-c1c(C)cccc1C(F)(F)F. The molecule has 0 radical (unpaired) electrons. The van der Waals surface area contributed by atoms with Crippen LogP contribution in [0.5, 0.6) is 0 Å². The first-order valence-corrected chi connectivity index (χ1v) is 5.84. The van der Waals surface area contributed by atoms with Gasteiger partial charge in [0.2, 0.25) is 0 Å². The van der Waals surface area contributed by atoms with Gasteiger partial charge in [0.15, 0.2) is 11.6 Å². The van der Waals surface area contributed by atoms with Gasteiger partial charge >= 0.3 is 6.18 Å². The summed E-state index contributed by atoms with van der Waals surface area (Å²) in [6, 6.07) is 5.44. The number of hydrogen-bond acceptors (Lipinski definition) is 0. The van der Waals surface area contributed by atoms with Crippen LogP contribution in [0.3, 0.4) is 0 Å². The number of benzene rings is 2. The molecule has 0 spiro atoms. The van der Waals surface area contributed by atoms with E-state index in [2.05, 4.69) is 0 Å². The first kappa shape index (κ1) is 14.5. The van der Waals surface area contributed by atoms with E-state index in [-0.39, 0.29) is 16.7 Å². The Hall–Kier alpha value is -1.91. The van der Waals surface area contributed by atoms with Crippen LogP contribution in [0.1, 0.15) is 16.7 Å². The number of hydrogen-bond donors (Lipinski definition) is 0. The van der Waals surface area contributed by atoms with Crippen LogP contribution in [0, 0.1) is 25.5 Å². The zero-order chi connectivity index (χ0) is 15.1. The smallest absolute Gasteiger partial charge is 0.204 e. The zero-order valence-electron chi connectivity index (χ0n) is 10.8. The highest BCUT2D eigenvalue weighted by molar-refractivity contribution is 5.74. The van der Waals surface area contributed by atoms with Gasteiger partial charge in [-0.25, -0.2) is 8.78 Å². The van der Waals surface area contributed by atoms with Crippen molar-refractivity contribution in [2.75, 3.05) is 0 Å². The Bertz CT molecular complexity index is 656. The first-order valence-electron chi connectivity index (χ1n) is 5.84. The van der Waals surface area contributed by atoms with Crippen molar-refractivity contribution in [2.45, 2.75) is 20.0 Å². The third-order valence-electron chi connectivity index (χ3n) is 3.11. The lowest BCUT2D eigenvalue weighted by Crippen LogP contribution is -2.09. The Morgan fingerprint density at radius 1 is 0.850 bits per heavy atom. The second-order valence-corrected chi connectivity index (χ2v) is 4.58. The predicted octanol–water partition coefficient (Wildman–Crippen LogP) is 5.27. The second kappa shape index (κ2) is 4.89. The van der Waals surface area contributed by atoms with Crippen LogP contribution in [0.2, 0.25) is 0 Å². The number of halogens is 5. The molecule has 0 saturated carbocycles. The van der Waals surface area contributed by atoms with Crippen LogP contribution in [0.4, 0.5) is 22.0 Å². The predicted molar refractivity (Wildman–Crippen MR) is 66.3 cm³/mol. The number of rotatable bonds is 1. The van der Waals surface area contributed by atoms with Crippen molar-refractivity contribution in [1.82, 2.24) is 0 Å². The molecule has 5 heteroatoms. The summed E-state index contributed by atoms with van der Waals surface area (Å²) in [4.78, 5) is 0. The van der Waals surface area contributed by atoms with Crippen molar-refractivity contribution in [3.8, 4) is 11.1 Å². The van der Waals surface area contributed by atoms with E-state index in [4.69, 9.17) is 0 Å². The summed E-state index contributed by atoms with van der Waals surface area (Å²) < 4.78 is 65.6. The van der Waals surface area contributed by atoms with Gasteiger partial charge in [-0.2, -0.15) is 13.2 Å². The zero-order valence-corrected chi connectivity index (χ0v) is 10.8. The summed E-state index contributed by atoms with van der Waals surface area (Å²) in [7, 11) is 0. The van der Waals surface area contributed by atoms with Gasteiger partial charge in [0, 0.05) is 0 Å². The van der Waals surface area contributed by atoms with E-state index >= 15 is 0 Å². The van der Waals surface area contributed by atoms with Crippen molar-refractivity contribution in [1.29, 1.82) is 0 Å². The molecule has 0 N–H and O–H groups in total. The van der Waals surface area contributed by atoms with Gasteiger partial charge < -0.3 is 0 Å². The molecule has 0 nitrogen and oxygen atoms in total. The quantitative estimate of drug-likeness (QED) is 0.627. The van der Waals surface area contributed by atoms with E-state index < -0.39 is 23.4 Å². The molecule has 20 heavy (non-hydrogen) atoms. The lowest BCUT2D eigenvalue weighted by atomic mass is 9.91. The van der Waals surface area contributed by atoms with Gasteiger partial charge in [-0.1, -0.05) is 12.1 Å². The maximum Gasteiger partial charge on any atom is 0.417 e. The molecule has 0 heterocycles. The Morgan fingerprint density at radius 2 is 1.45 bits per heavy atom. The molecule has 0 saturated heterocycles. The Kier molecular flexibility index (Phi) is 3.54. The first-order chi connectivity index (χ1) is 9.21. The lowest BCUT2D eigenvalue weighted by molar-refractivity contribution is -0.137. The summed E-state index contributed by atoms with van der Waals surface area (Å²) in [6.07, 6.45) is -4.56. The molecule has 0 amide bonds. The highest BCUT2D eigenvalue weighted by Crippen LogP contribution is 2.40. The average molecular weight is 286 g/mol. The summed E-state index contributed by atoms with van der Waals surface area (Å²) >= 11 is 0. The second-order valence-electron chi connectivity index (χ2n) is 4.58. The van der Waals surface area contributed by atoms with E-state index in [0.29, 0.717) is 5.56 Å². The molecule has 2 aromatic carbocycles. The van der Waals surface area contributed by atoms with E-state index in [1.165, 1.54) is 26.0 Å². The third-order valence-corrected chi connectivity index (χ3v) is 3.11. The standard InChI is InChI=1S/C15H11F5/c1-8-4-3-5-11(15(18,19)20)14(8)10-7-13(17)12(16)6-9(10)2/h3-7H,1-2H3. The molecule has 2 aromatic rings. The fourth-order valence-electron chi connectivity index (χ4n) is 2.18. The monoisotopic (exact) mass is 286 g/mol. The lowest BCUT2D eigenvalue weighted by Gasteiger charge is -2.17. The molecule has 0 aliphatic rings. The van der Waals surface area contributed by atoms with Crippen molar-refractivity contribution < 1.29 is 22.0 Å². The maximum absolute atomic E-state index is 13.3. The molecule has 2 rings (SSSR count). The largest absolute Gasteiger partial charge is 0.417 e. The minimum atomic E-state index is -4.56. The van der Waals surface area contributed by atoms with Crippen LogP contribution in [0.25, 0.3) is 11.1 Å². The van der Waals surface area contributed by atoms with Gasteiger partial charge in [-0.3, -0.25) is 0 Å². The Labute approximate surface area is 112 Å². The van der Waals surface area contributed by atoms with Gasteiger partial charge in [0.25, 0.3) is 0 Å². The molecular weight excluding hydrogens is 275 g/mol. The molecular formula is C15H11F5. The molecule has 0 bridgehead atoms. The Balaban J connectivity index is 2.79. The summed E-state index contributed by atoms with van der Waals surface area (Å²) in [6.45, 7) is 2.95. The van der Waals surface area contributed by atoms with Crippen molar-refractivity contribution in [3.63, 3.8) is 0 Å². The van der Waals surface area contributed by atoms with Gasteiger partial charge in [-0.15, -0.1) is 0 Å². The molecule has 0 aliphatic heterocycles. The maximum atomic E-state index is 13.3. The van der Waals surface area contributed by atoms with Crippen LogP contribution >= 0.6 is 0 Å². The average Bonchev–Trinajstić information content (AvgIpc) is 2.33. The van der Waals surface area contributed by atoms with E-state index in [9.17, 15) is 22.0 Å². The normalized spacial score (nSPS) is 11.8. The summed E-state index contributed by atoms with van der Waals surface area (Å²) in [5, 5.41) is 0.